The minimum absolute atomic E-state index is 0.267. The second-order valence-corrected chi connectivity index (χ2v) is 7.07. The Labute approximate surface area is 168 Å². The quantitative estimate of drug-likeness (QED) is 0.556. The van der Waals surface area contributed by atoms with Gasteiger partial charge < -0.3 is 29.6 Å². The molecular weight excluding hydrogens is 412 g/mol. The van der Waals surface area contributed by atoms with Crippen LogP contribution in [0.1, 0.15) is 17.5 Å². The van der Waals surface area contributed by atoms with Gasteiger partial charge in [-0.3, -0.25) is 0 Å². The molecule has 2 aromatic rings. The lowest BCUT2D eigenvalue weighted by molar-refractivity contribution is 0.174. The van der Waals surface area contributed by atoms with Crippen molar-refractivity contribution in [1.29, 1.82) is 0 Å². The predicted molar refractivity (Wildman–Crippen MR) is 108 cm³/mol. The third kappa shape index (κ3) is 5.28. The Hall–Kier alpha value is -1.96. The average molecular weight is 437 g/mol. The topological polar surface area (TPSA) is 61.0 Å². The minimum atomic E-state index is 0.267. The smallest absolute Gasteiger partial charge is 0.231 e. The number of hydrogen-bond donors (Lipinski definition) is 2. The summed E-state index contributed by atoms with van der Waals surface area (Å²) in [6.07, 6.45) is 1.09. The SMILES string of the molecule is CNCCCNCc1cc(Br)c(OCc2ccc3c(c2)OCO3)c(OC)c1. The van der Waals surface area contributed by atoms with E-state index in [0.29, 0.717) is 18.1 Å². The van der Waals surface area contributed by atoms with Crippen molar-refractivity contribution in [3.8, 4) is 23.0 Å². The van der Waals surface area contributed by atoms with Gasteiger partial charge in [-0.2, -0.15) is 0 Å². The Bertz CT molecular complexity index is 770. The minimum Gasteiger partial charge on any atom is -0.493 e. The van der Waals surface area contributed by atoms with E-state index in [1.807, 2.05) is 31.3 Å². The van der Waals surface area contributed by atoms with Crippen molar-refractivity contribution in [2.75, 3.05) is 34.0 Å². The summed E-state index contributed by atoms with van der Waals surface area (Å²) < 4.78 is 23.2. The summed E-state index contributed by atoms with van der Waals surface area (Å²) >= 11 is 3.61. The molecule has 0 bridgehead atoms. The number of ether oxygens (including phenoxy) is 4. The van der Waals surface area contributed by atoms with Gasteiger partial charge >= 0.3 is 0 Å². The van der Waals surface area contributed by atoms with Gasteiger partial charge in [0.2, 0.25) is 6.79 Å². The first-order valence-corrected chi connectivity index (χ1v) is 9.73. The highest BCUT2D eigenvalue weighted by atomic mass is 79.9. The number of methoxy groups -OCH3 is 1. The molecule has 0 unspecified atom stereocenters. The van der Waals surface area contributed by atoms with Crippen molar-refractivity contribution in [3.63, 3.8) is 0 Å². The van der Waals surface area contributed by atoms with Crippen LogP contribution in [0.25, 0.3) is 0 Å². The van der Waals surface area contributed by atoms with Gasteiger partial charge in [-0.25, -0.2) is 0 Å². The summed E-state index contributed by atoms with van der Waals surface area (Å²) in [6, 6.07) is 9.87. The first-order chi connectivity index (χ1) is 13.2. The van der Waals surface area contributed by atoms with Crippen molar-refractivity contribution < 1.29 is 18.9 Å². The summed E-state index contributed by atoms with van der Waals surface area (Å²) in [6.45, 7) is 3.42. The molecule has 0 aliphatic carbocycles. The predicted octanol–water partition coefficient (Wildman–Crippen LogP) is 3.46. The van der Waals surface area contributed by atoms with Crippen molar-refractivity contribution >= 4 is 15.9 Å². The van der Waals surface area contributed by atoms with Gasteiger partial charge in [-0.1, -0.05) is 6.07 Å². The van der Waals surface area contributed by atoms with Crippen molar-refractivity contribution in [3.05, 3.63) is 45.9 Å². The number of rotatable bonds is 10. The molecule has 3 rings (SSSR count). The standard InChI is InChI=1S/C20H25BrN2O4/c1-22-6-3-7-23-11-15-8-16(21)20(19(10-15)24-2)25-12-14-4-5-17-18(9-14)27-13-26-17/h4-5,8-10,22-23H,3,6-7,11-13H2,1-2H3. The van der Waals surface area contributed by atoms with Gasteiger partial charge in [-0.05, 0) is 77.9 Å². The van der Waals surface area contributed by atoms with E-state index in [4.69, 9.17) is 18.9 Å². The lowest BCUT2D eigenvalue weighted by Gasteiger charge is -2.15. The average Bonchev–Trinajstić information content (AvgIpc) is 3.14. The summed E-state index contributed by atoms with van der Waals surface area (Å²) in [4.78, 5) is 0. The molecule has 7 heteroatoms. The molecule has 0 saturated carbocycles. The Morgan fingerprint density at radius 1 is 1.07 bits per heavy atom. The number of benzene rings is 2. The highest BCUT2D eigenvalue weighted by molar-refractivity contribution is 9.10. The molecule has 0 amide bonds. The summed E-state index contributed by atoms with van der Waals surface area (Å²) in [5, 5.41) is 6.58. The molecule has 0 spiro atoms. The molecular formula is C20H25BrN2O4. The Balaban J connectivity index is 1.62. The van der Waals surface area contributed by atoms with Crippen LogP contribution in [-0.4, -0.2) is 34.0 Å². The molecule has 1 aliphatic rings. The second-order valence-electron chi connectivity index (χ2n) is 6.22. The highest BCUT2D eigenvalue weighted by Crippen LogP contribution is 2.38. The van der Waals surface area contributed by atoms with Crippen LogP contribution < -0.4 is 29.6 Å². The van der Waals surface area contributed by atoms with Crippen LogP contribution in [0.4, 0.5) is 0 Å². The zero-order chi connectivity index (χ0) is 19.1. The van der Waals surface area contributed by atoms with E-state index in [-0.39, 0.29) is 6.79 Å². The molecule has 2 aromatic carbocycles. The zero-order valence-electron chi connectivity index (χ0n) is 15.6. The maximum absolute atomic E-state index is 6.02. The molecule has 27 heavy (non-hydrogen) atoms. The summed E-state index contributed by atoms with van der Waals surface area (Å²) in [5.41, 5.74) is 2.14. The van der Waals surface area contributed by atoms with Crippen molar-refractivity contribution in [1.82, 2.24) is 10.6 Å². The maximum atomic E-state index is 6.02. The van der Waals surface area contributed by atoms with E-state index in [0.717, 1.165) is 53.2 Å². The Morgan fingerprint density at radius 2 is 1.93 bits per heavy atom. The fraction of sp³-hybridized carbons (Fsp3) is 0.400. The van der Waals surface area contributed by atoms with Gasteiger partial charge in [-0.15, -0.1) is 0 Å². The van der Waals surface area contributed by atoms with Crippen molar-refractivity contribution in [2.45, 2.75) is 19.6 Å². The molecule has 0 fully saturated rings. The molecule has 0 aromatic heterocycles. The van der Waals surface area contributed by atoms with Crippen LogP contribution in [0.3, 0.4) is 0 Å². The molecule has 1 heterocycles. The van der Waals surface area contributed by atoms with E-state index < -0.39 is 0 Å². The number of nitrogens with one attached hydrogen (secondary N) is 2. The summed E-state index contributed by atoms with van der Waals surface area (Å²) in [7, 11) is 3.61. The number of fused-ring (bicyclic) bond motifs is 1. The lowest BCUT2D eigenvalue weighted by atomic mass is 10.2. The fourth-order valence-electron chi connectivity index (χ4n) is 2.82. The van der Waals surface area contributed by atoms with Crippen LogP contribution >= 0.6 is 15.9 Å². The maximum Gasteiger partial charge on any atom is 0.231 e. The molecule has 2 N–H and O–H groups in total. The second kappa shape index (κ2) is 9.82. The van der Waals surface area contributed by atoms with Crippen LogP contribution in [0, 0.1) is 0 Å². The monoisotopic (exact) mass is 436 g/mol. The third-order valence-electron chi connectivity index (χ3n) is 4.22. The third-order valence-corrected chi connectivity index (χ3v) is 4.81. The van der Waals surface area contributed by atoms with Gasteiger partial charge in [0, 0.05) is 6.54 Å². The first kappa shape index (κ1) is 19.8. The first-order valence-electron chi connectivity index (χ1n) is 8.94. The number of halogens is 1. The van der Waals surface area contributed by atoms with Gasteiger partial charge in [0.05, 0.1) is 11.6 Å². The molecule has 1 aliphatic heterocycles. The molecule has 6 nitrogen and oxygen atoms in total. The Kier molecular flexibility index (Phi) is 7.20. The van der Waals surface area contributed by atoms with E-state index in [2.05, 4.69) is 32.6 Å². The van der Waals surface area contributed by atoms with E-state index in [1.54, 1.807) is 7.11 Å². The molecule has 0 saturated heterocycles. The van der Waals surface area contributed by atoms with Crippen LogP contribution in [-0.2, 0) is 13.2 Å². The van der Waals surface area contributed by atoms with E-state index >= 15 is 0 Å². The number of hydrogen-bond acceptors (Lipinski definition) is 6. The largest absolute Gasteiger partial charge is 0.493 e. The molecule has 0 atom stereocenters. The fourth-order valence-corrected chi connectivity index (χ4v) is 3.43. The zero-order valence-corrected chi connectivity index (χ0v) is 17.2. The lowest BCUT2D eigenvalue weighted by Crippen LogP contribution is -2.19. The van der Waals surface area contributed by atoms with Crippen molar-refractivity contribution in [2.24, 2.45) is 0 Å². The summed E-state index contributed by atoms with van der Waals surface area (Å²) in [5.74, 6) is 2.91. The normalized spacial score (nSPS) is 12.3. The van der Waals surface area contributed by atoms with Crippen LogP contribution in [0.15, 0.2) is 34.8 Å². The van der Waals surface area contributed by atoms with Gasteiger partial charge in [0.15, 0.2) is 23.0 Å². The van der Waals surface area contributed by atoms with E-state index in [1.165, 1.54) is 0 Å². The highest BCUT2D eigenvalue weighted by Gasteiger charge is 2.15. The molecule has 0 radical (unpaired) electrons. The van der Waals surface area contributed by atoms with E-state index in [9.17, 15) is 0 Å². The van der Waals surface area contributed by atoms with Crippen LogP contribution in [0.5, 0.6) is 23.0 Å². The molecule has 146 valence electrons. The van der Waals surface area contributed by atoms with Crippen LogP contribution in [0.2, 0.25) is 0 Å². The Morgan fingerprint density at radius 3 is 2.74 bits per heavy atom. The van der Waals surface area contributed by atoms with Gasteiger partial charge in [0.25, 0.3) is 0 Å². The van der Waals surface area contributed by atoms with Gasteiger partial charge in [0.1, 0.15) is 6.61 Å².